The Bertz CT molecular complexity index is 595. The van der Waals surface area contributed by atoms with E-state index in [1.54, 1.807) is 0 Å². The van der Waals surface area contributed by atoms with E-state index in [-0.39, 0.29) is 12.1 Å². The molecule has 3 nitrogen and oxygen atoms in total. The number of esters is 1. The van der Waals surface area contributed by atoms with Crippen LogP contribution >= 0.6 is 0 Å². The minimum absolute atomic E-state index is 0.236. The molecule has 0 saturated heterocycles. The van der Waals surface area contributed by atoms with Crippen molar-refractivity contribution in [1.82, 2.24) is 0 Å². The van der Waals surface area contributed by atoms with Crippen LogP contribution in [0.2, 0.25) is 0 Å². The Morgan fingerprint density at radius 3 is 2.58 bits per heavy atom. The molecule has 0 fully saturated rings. The van der Waals surface area contributed by atoms with E-state index in [2.05, 4.69) is 10.2 Å². The monoisotopic (exact) mass is 271 g/mol. The Labute approximate surface area is 115 Å². The zero-order valence-electron chi connectivity index (χ0n) is 11.0. The van der Waals surface area contributed by atoms with Crippen LogP contribution in [0.4, 0.5) is 0 Å². The second-order valence-electron chi connectivity index (χ2n) is 4.31. The van der Waals surface area contributed by atoms with E-state index in [9.17, 15) is 4.79 Å². The Balaban J connectivity index is 2.30. The molecule has 2 rings (SSSR count). The molecule has 0 saturated carbocycles. The number of carbonyl (C=O) groups is 1. The molecule has 2 aromatic carbocycles. The van der Waals surface area contributed by atoms with Gasteiger partial charge in [-0.1, -0.05) is 18.2 Å². The fourth-order valence-electron chi connectivity index (χ4n) is 1.99. The lowest BCUT2D eigenvalue weighted by atomic mass is 10.0. The average molecular weight is 271 g/mol. The van der Waals surface area contributed by atoms with Crippen LogP contribution in [0.5, 0.6) is 5.75 Å². The second kappa shape index (κ2) is 5.89. The first-order valence-electron chi connectivity index (χ1n) is 6.08. The van der Waals surface area contributed by atoms with Crippen LogP contribution in [0, 0.1) is 0 Å². The molecule has 0 aliphatic heterocycles. The van der Waals surface area contributed by atoms with Gasteiger partial charge in [0.15, 0.2) is 0 Å². The maximum atomic E-state index is 11.0. The summed E-state index contributed by atoms with van der Waals surface area (Å²) in [6.45, 7) is 3.28. The molecule has 0 aromatic heterocycles. The summed E-state index contributed by atoms with van der Waals surface area (Å²) in [4.78, 5) is 11.0. The molecule has 4 heteroatoms. The number of benzene rings is 2. The largest absolute Gasteiger partial charge is 0.498 e. The third kappa shape index (κ3) is 3.35. The number of rotatable bonds is 4. The number of ether oxygens (including phenoxy) is 2. The summed E-state index contributed by atoms with van der Waals surface area (Å²) in [5.41, 5.74) is 0.983. The molecule has 1 atom stereocenters. The molecule has 3 radical (unpaired) electrons. The van der Waals surface area contributed by atoms with Crippen molar-refractivity contribution in [3.05, 3.63) is 42.0 Å². The van der Waals surface area contributed by atoms with Crippen LogP contribution < -0.4 is 4.74 Å². The molecule has 1 unspecified atom stereocenters. The number of hydrogen-bond acceptors (Lipinski definition) is 3. The van der Waals surface area contributed by atoms with E-state index in [1.165, 1.54) is 6.92 Å². The first-order chi connectivity index (χ1) is 9.10. The van der Waals surface area contributed by atoms with Gasteiger partial charge in [0.25, 0.3) is 0 Å². The van der Waals surface area contributed by atoms with E-state index >= 15 is 0 Å². The van der Waals surface area contributed by atoms with Gasteiger partial charge in [-0.3, -0.25) is 4.79 Å². The van der Waals surface area contributed by atoms with Crippen LogP contribution in [0.3, 0.4) is 0 Å². The molecule has 0 amide bonds. The summed E-state index contributed by atoms with van der Waals surface area (Å²) in [6.07, 6.45) is 0.229. The fraction of sp³-hybridized carbons (Fsp3) is 0.267. The fourth-order valence-corrected chi connectivity index (χ4v) is 2.15. The van der Waals surface area contributed by atoms with E-state index in [1.807, 2.05) is 43.3 Å². The summed E-state index contributed by atoms with van der Waals surface area (Å²) >= 11 is 0. The van der Waals surface area contributed by atoms with Crippen LogP contribution in [0.1, 0.15) is 25.5 Å². The highest BCUT2D eigenvalue weighted by molar-refractivity contribution is 6.08. The summed E-state index contributed by atoms with van der Waals surface area (Å²) in [5, 5.41) is 2.19. The van der Waals surface area contributed by atoms with Gasteiger partial charge < -0.3 is 9.47 Å². The third-order valence-electron chi connectivity index (χ3n) is 2.89. The maximum absolute atomic E-state index is 11.0. The summed E-state index contributed by atoms with van der Waals surface area (Å²) in [6, 6.07) is 11.9. The number of hydrogen-bond donors (Lipinski definition) is 0. The van der Waals surface area contributed by atoms with Crippen LogP contribution in [0.15, 0.2) is 36.4 Å². The highest BCUT2D eigenvalue weighted by atomic mass is 28.1. The smallest absolute Gasteiger partial charge is 0.303 e. The summed E-state index contributed by atoms with van der Waals surface area (Å²) in [5.74, 6) is 0.553. The number of fused-ring (bicyclic) bond motifs is 1. The van der Waals surface area contributed by atoms with Crippen molar-refractivity contribution in [2.45, 2.75) is 20.0 Å². The molecule has 0 spiro atoms. The topological polar surface area (TPSA) is 35.5 Å². The van der Waals surface area contributed by atoms with Crippen molar-refractivity contribution in [3.63, 3.8) is 0 Å². The van der Waals surface area contributed by atoms with Gasteiger partial charge in [0.2, 0.25) is 0 Å². The normalized spacial score (nSPS) is 12.2. The van der Waals surface area contributed by atoms with Gasteiger partial charge in [0.05, 0.1) is 16.5 Å². The van der Waals surface area contributed by atoms with E-state index in [0.717, 1.165) is 22.1 Å². The van der Waals surface area contributed by atoms with Crippen molar-refractivity contribution >= 4 is 27.0 Å². The van der Waals surface area contributed by atoms with Crippen LogP contribution in [-0.2, 0) is 9.53 Å². The maximum Gasteiger partial charge on any atom is 0.303 e. The quantitative estimate of drug-likeness (QED) is 0.633. The molecule has 19 heavy (non-hydrogen) atoms. The van der Waals surface area contributed by atoms with Crippen LogP contribution in [-0.4, -0.2) is 22.4 Å². The third-order valence-corrected chi connectivity index (χ3v) is 3.03. The Morgan fingerprint density at radius 2 is 1.89 bits per heavy atom. The lowest BCUT2D eigenvalue weighted by molar-refractivity contribution is -0.145. The Morgan fingerprint density at radius 1 is 1.21 bits per heavy atom. The van der Waals surface area contributed by atoms with Gasteiger partial charge >= 0.3 is 5.97 Å². The van der Waals surface area contributed by atoms with Gasteiger partial charge in [-0.2, -0.15) is 0 Å². The minimum atomic E-state index is -0.270. The molecular weight excluding hydrogens is 256 g/mol. The second-order valence-corrected chi connectivity index (χ2v) is 4.60. The summed E-state index contributed by atoms with van der Waals surface area (Å²) in [7, 11) is 3.28. The first-order valence-corrected chi connectivity index (χ1v) is 6.79. The Hall–Kier alpha value is -1.81. The molecule has 97 valence electrons. The summed E-state index contributed by atoms with van der Waals surface area (Å²) < 4.78 is 10.6. The van der Waals surface area contributed by atoms with Gasteiger partial charge in [0.1, 0.15) is 11.9 Å². The number of carbonyl (C=O) groups excluding carboxylic acids is 1. The van der Waals surface area contributed by atoms with Crippen molar-refractivity contribution in [2.75, 3.05) is 6.23 Å². The molecule has 0 aliphatic rings. The molecule has 2 aromatic rings. The SMILES string of the molecule is CC(=O)OC(C)c1ccc2cc(OC[Si])ccc2c1. The van der Waals surface area contributed by atoms with Crippen LogP contribution in [0.25, 0.3) is 10.8 Å². The van der Waals surface area contributed by atoms with E-state index < -0.39 is 0 Å². The zero-order valence-corrected chi connectivity index (χ0v) is 12.0. The van der Waals surface area contributed by atoms with Gasteiger partial charge in [-0.15, -0.1) is 0 Å². The lowest BCUT2D eigenvalue weighted by Crippen LogP contribution is -2.04. The van der Waals surface area contributed by atoms with Crippen molar-refractivity contribution in [2.24, 2.45) is 0 Å². The van der Waals surface area contributed by atoms with Crippen molar-refractivity contribution < 1.29 is 14.3 Å². The molecule has 0 aliphatic carbocycles. The van der Waals surface area contributed by atoms with E-state index in [0.29, 0.717) is 6.23 Å². The highest BCUT2D eigenvalue weighted by Gasteiger charge is 2.09. The molecule has 0 bridgehead atoms. The standard InChI is InChI=1S/C15H15O3Si/c1-10(18-11(2)16)12-3-4-14-8-15(17-9-19)6-5-13(14)7-12/h3-8,10H,9H2,1-2H3. The van der Waals surface area contributed by atoms with Gasteiger partial charge in [0, 0.05) is 6.92 Å². The molecular formula is C15H15O3Si. The molecule has 0 heterocycles. The average Bonchev–Trinajstić information content (AvgIpc) is 2.37. The first kappa shape index (κ1) is 13.6. The van der Waals surface area contributed by atoms with Crippen molar-refractivity contribution in [3.8, 4) is 5.75 Å². The highest BCUT2D eigenvalue weighted by Crippen LogP contribution is 2.25. The van der Waals surface area contributed by atoms with Gasteiger partial charge in [-0.25, -0.2) is 0 Å². The zero-order chi connectivity index (χ0) is 13.8. The van der Waals surface area contributed by atoms with Crippen molar-refractivity contribution in [1.29, 1.82) is 0 Å². The minimum Gasteiger partial charge on any atom is -0.498 e. The predicted molar refractivity (Wildman–Crippen MR) is 75.4 cm³/mol. The predicted octanol–water partition coefficient (Wildman–Crippen LogP) is 2.97. The van der Waals surface area contributed by atoms with E-state index in [4.69, 9.17) is 9.47 Å². The Kier molecular flexibility index (Phi) is 4.22. The molecule has 0 N–H and O–H groups in total. The van der Waals surface area contributed by atoms with Gasteiger partial charge in [-0.05, 0) is 41.5 Å². The lowest BCUT2D eigenvalue weighted by Gasteiger charge is -2.13.